The van der Waals surface area contributed by atoms with Gasteiger partial charge in [0.05, 0.1) is 5.56 Å². The van der Waals surface area contributed by atoms with E-state index in [1.165, 1.54) is 12.1 Å². The first-order chi connectivity index (χ1) is 8.49. The SMILES string of the molecule is Cc1[nH]nc(NC(=O)c2ccc(Br)cc2F)c1C. The summed E-state index contributed by atoms with van der Waals surface area (Å²) in [6, 6.07) is 4.28. The van der Waals surface area contributed by atoms with Gasteiger partial charge in [0.2, 0.25) is 0 Å². The lowest BCUT2D eigenvalue weighted by molar-refractivity contribution is 0.102. The Morgan fingerprint density at radius 1 is 1.44 bits per heavy atom. The van der Waals surface area contributed by atoms with Gasteiger partial charge in [-0.05, 0) is 32.0 Å². The van der Waals surface area contributed by atoms with Crippen molar-refractivity contribution in [1.82, 2.24) is 10.2 Å². The van der Waals surface area contributed by atoms with Gasteiger partial charge >= 0.3 is 0 Å². The highest BCUT2D eigenvalue weighted by Crippen LogP contribution is 2.18. The number of hydrogen-bond acceptors (Lipinski definition) is 2. The molecular weight excluding hydrogens is 301 g/mol. The van der Waals surface area contributed by atoms with Gasteiger partial charge in [-0.3, -0.25) is 9.89 Å². The zero-order valence-corrected chi connectivity index (χ0v) is 11.4. The van der Waals surface area contributed by atoms with Crippen molar-refractivity contribution in [3.63, 3.8) is 0 Å². The summed E-state index contributed by atoms with van der Waals surface area (Å²) >= 11 is 3.14. The molecule has 94 valence electrons. The predicted molar refractivity (Wildman–Crippen MR) is 70.1 cm³/mol. The number of hydrogen-bond donors (Lipinski definition) is 2. The van der Waals surface area contributed by atoms with Crippen molar-refractivity contribution in [2.75, 3.05) is 5.32 Å². The number of benzene rings is 1. The van der Waals surface area contributed by atoms with E-state index in [-0.39, 0.29) is 5.56 Å². The fourth-order valence-corrected chi connectivity index (χ4v) is 1.79. The molecule has 0 aliphatic heterocycles. The van der Waals surface area contributed by atoms with Crippen molar-refractivity contribution in [1.29, 1.82) is 0 Å². The molecule has 0 unspecified atom stereocenters. The number of aryl methyl sites for hydroxylation is 1. The van der Waals surface area contributed by atoms with Crippen LogP contribution in [0.2, 0.25) is 0 Å². The summed E-state index contributed by atoms with van der Waals surface area (Å²) < 4.78 is 14.2. The molecule has 1 amide bonds. The zero-order chi connectivity index (χ0) is 13.3. The predicted octanol–water partition coefficient (Wildman–Crippen LogP) is 3.18. The van der Waals surface area contributed by atoms with Crippen LogP contribution in [0.25, 0.3) is 0 Å². The van der Waals surface area contributed by atoms with Gasteiger partial charge in [-0.2, -0.15) is 5.10 Å². The molecule has 0 aliphatic carbocycles. The molecule has 0 radical (unpaired) electrons. The second-order valence-electron chi connectivity index (χ2n) is 3.90. The molecule has 2 aromatic rings. The maximum absolute atomic E-state index is 13.6. The topological polar surface area (TPSA) is 57.8 Å². The average Bonchev–Trinajstić information content (AvgIpc) is 2.61. The average molecular weight is 312 g/mol. The standard InChI is InChI=1S/C12H11BrFN3O/c1-6-7(2)16-17-11(6)15-12(18)9-4-3-8(13)5-10(9)14/h3-5H,1-2H3,(H2,15,16,17,18). The number of nitrogens with one attached hydrogen (secondary N) is 2. The lowest BCUT2D eigenvalue weighted by Crippen LogP contribution is -2.14. The summed E-state index contributed by atoms with van der Waals surface area (Å²) in [4.78, 5) is 11.9. The number of halogens is 2. The van der Waals surface area contributed by atoms with Crippen LogP contribution in [0, 0.1) is 19.7 Å². The first kappa shape index (κ1) is 12.8. The van der Waals surface area contributed by atoms with E-state index in [0.29, 0.717) is 10.3 Å². The summed E-state index contributed by atoms with van der Waals surface area (Å²) in [5, 5.41) is 9.26. The van der Waals surface area contributed by atoms with E-state index in [2.05, 4.69) is 31.4 Å². The molecule has 0 fully saturated rings. The van der Waals surface area contributed by atoms with E-state index in [1.54, 1.807) is 6.07 Å². The number of rotatable bonds is 2. The number of amides is 1. The molecule has 2 N–H and O–H groups in total. The minimum absolute atomic E-state index is 0.0155. The summed E-state index contributed by atoms with van der Waals surface area (Å²) in [7, 11) is 0. The number of aromatic amines is 1. The Morgan fingerprint density at radius 2 is 2.17 bits per heavy atom. The van der Waals surface area contributed by atoms with Crippen LogP contribution in [0.1, 0.15) is 21.6 Å². The Bertz CT molecular complexity index is 609. The largest absolute Gasteiger partial charge is 0.305 e. The van der Waals surface area contributed by atoms with Crippen LogP contribution >= 0.6 is 15.9 Å². The maximum atomic E-state index is 13.6. The molecule has 2 rings (SSSR count). The van der Waals surface area contributed by atoms with Crippen molar-refractivity contribution in [2.45, 2.75) is 13.8 Å². The molecule has 0 bridgehead atoms. The number of nitrogens with zero attached hydrogens (tertiary/aromatic N) is 1. The molecule has 18 heavy (non-hydrogen) atoms. The third kappa shape index (κ3) is 2.43. The first-order valence-corrected chi connectivity index (χ1v) is 6.06. The first-order valence-electron chi connectivity index (χ1n) is 5.27. The zero-order valence-electron chi connectivity index (χ0n) is 9.84. The van der Waals surface area contributed by atoms with E-state index in [9.17, 15) is 9.18 Å². The summed E-state index contributed by atoms with van der Waals surface area (Å²) in [5.41, 5.74) is 1.68. The Morgan fingerprint density at radius 3 is 2.72 bits per heavy atom. The van der Waals surface area contributed by atoms with Gasteiger partial charge in [0.25, 0.3) is 5.91 Å². The highest BCUT2D eigenvalue weighted by atomic mass is 79.9. The molecule has 0 saturated heterocycles. The third-order valence-corrected chi connectivity index (χ3v) is 3.15. The molecule has 0 saturated carbocycles. The molecule has 1 aromatic heterocycles. The van der Waals surface area contributed by atoms with Crippen molar-refractivity contribution < 1.29 is 9.18 Å². The number of anilines is 1. The molecule has 1 heterocycles. The van der Waals surface area contributed by atoms with Gasteiger partial charge in [-0.25, -0.2) is 4.39 Å². The Kier molecular flexibility index (Phi) is 3.47. The van der Waals surface area contributed by atoms with Crippen LogP contribution in [0.5, 0.6) is 0 Å². The fourth-order valence-electron chi connectivity index (χ4n) is 1.46. The second-order valence-corrected chi connectivity index (χ2v) is 4.82. The van der Waals surface area contributed by atoms with Crippen LogP contribution in [-0.2, 0) is 0 Å². The van der Waals surface area contributed by atoms with Gasteiger partial charge in [0, 0.05) is 15.7 Å². The Balaban J connectivity index is 2.25. The Hall–Kier alpha value is -1.69. The van der Waals surface area contributed by atoms with Gasteiger partial charge in [-0.15, -0.1) is 0 Å². The van der Waals surface area contributed by atoms with Crippen LogP contribution in [0.4, 0.5) is 10.2 Å². The van der Waals surface area contributed by atoms with Gasteiger partial charge in [0.1, 0.15) is 5.82 Å². The molecular formula is C12H11BrFN3O. The van der Waals surface area contributed by atoms with Gasteiger partial charge in [-0.1, -0.05) is 15.9 Å². The number of H-pyrrole nitrogens is 1. The third-order valence-electron chi connectivity index (χ3n) is 2.66. The second kappa shape index (κ2) is 4.89. The molecule has 0 aliphatic rings. The van der Waals surface area contributed by atoms with Crippen LogP contribution < -0.4 is 5.32 Å². The highest BCUT2D eigenvalue weighted by molar-refractivity contribution is 9.10. The number of aromatic nitrogens is 2. The van der Waals surface area contributed by atoms with E-state index < -0.39 is 11.7 Å². The minimum Gasteiger partial charge on any atom is -0.305 e. The summed E-state index contributed by atoms with van der Waals surface area (Å²) in [5.74, 6) is -0.679. The number of carbonyl (C=O) groups excluding carboxylic acids is 1. The van der Waals surface area contributed by atoms with Crippen molar-refractivity contribution in [3.8, 4) is 0 Å². The lowest BCUT2D eigenvalue weighted by atomic mass is 10.2. The lowest BCUT2D eigenvalue weighted by Gasteiger charge is -2.04. The quantitative estimate of drug-likeness (QED) is 0.895. The van der Waals surface area contributed by atoms with Gasteiger partial charge in [0.15, 0.2) is 5.82 Å². The minimum atomic E-state index is -0.577. The van der Waals surface area contributed by atoms with Gasteiger partial charge < -0.3 is 5.32 Å². The summed E-state index contributed by atoms with van der Waals surface area (Å²) in [6.45, 7) is 3.67. The van der Waals surface area contributed by atoms with E-state index in [0.717, 1.165) is 11.3 Å². The van der Waals surface area contributed by atoms with E-state index in [1.807, 2.05) is 13.8 Å². The number of carbonyl (C=O) groups is 1. The molecule has 0 atom stereocenters. The van der Waals surface area contributed by atoms with Crippen molar-refractivity contribution in [3.05, 3.63) is 45.3 Å². The van der Waals surface area contributed by atoms with Crippen LogP contribution in [0.15, 0.2) is 22.7 Å². The maximum Gasteiger partial charge on any atom is 0.259 e. The highest BCUT2D eigenvalue weighted by Gasteiger charge is 2.15. The normalized spacial score (nSPS) is 10.4. The molecule has 0 spiro atoms. The smallest absolute Gasteiger partial charge is 0.259 e. The van der Waals surface area contributed by atoms with E-state index >= 15 is 0 Å². The van der Waals surface area contributed by atoms with Crippen LogP contribution in [0.3, 0.4) is 0 Å². The molecule has 4 nitrogen and oxygen atoms in total. The molecule has 6 heteroatoms. The van der Waals surface area contributed by atoms with E-state index in [4.69, 9.17) is 0 Å². The summed E-state index contributed by atoms with van der Waals surface area (Å²) in [6.07, 6.45) is 0. The van der Waals surface area contributed by atoms with Crippen LogP contribution in [-0.4, -0.2) is 16.1 Å². The van der Waals surface area contributed by atoms with Crippen molar-refractivity contribution in [2.24, 2.45) is 0 Å². The molecule has 1 aromatic carbocycles. The van der Waals surface area contributed by atoms with Crippen molar-refractivity contribution >= 4 is 27.7 Å². The Labute approximate surface area is 112 Å². The monoisotopic (exact) mass is 311 g/mol. The fraction of sp³-hybridized carbons (Fsp3) is 0.167.